The van der Waals surface area contributed by atoms with Gasteiger partial charge < -0.3 is 0 Å². The van der Waals surface area contributed by atoms with E-state index in [-0.39, 0.29) is 0 Å². The van der Waals surface area contributed by atoms with Crippen molar-refractivity contribution in [1.29, 1.82) is 0 Å². The monoisotopic (exact) mass is 166 g/mol. The van der Waals surface area contributed by atoms with Gasteiger partial charge in [0.15, 0.2) is 0 Å². The van der Waals surface area contributed by atoms with Gasteiger partial charge >= 0.3 is 0 Å². The van der Waals surface area contributed by atoms with E-state index in [2.05, 4.69) is 32.9 Å². The van der Waals surface area contributed by atoms with Crippen LogP contribution < -0.4 is 0 Å². The van der Waals surface area contributed by atoms with Crippen molar-refractivity contribution in [2.45, 2.75) is 46.5 Å². The second-order valence-electron chi connectivity index (χ2n) is 4.25. The molecule has 1 aliphatic carbocycles. The largest absolute Gasteiger partial charge is 0.0880 e. The molecule has 0 nitrogen and oxygen atoms in total. The molecule has 0 bridgehead atoms. The topological polar surface area (TPSA) is 0 Å². The van der Waals surface area contributed by atoms with Crippen LogP contribution in [0.15, 0.2) is 12.2 Å². The van der Waals surface area contributed by atoms with Crippen LogP contribution in [-0.2, 0) is 0 Å². The Morgan fingerprint density at radius 3 is 2.67 bits per heavy atom. The average molecular weight is 166 g/mol. The van der Waals surface area contributed by atoms with E-state index in [1.807, 2.05) is 0 Å². The van der Waals surface area contributed by atoms with E-state index in [9.17, 15) is 0 Å². The molecule has 1 saturated carbocycles. The molecule has 0 aromatic rings. The summed E-state index contributed by atoms with van der Waals surface area (Å²) in [5, 5.41) is 0. The van der Waals surface area contributed by atoms with E-state index in [1.165, 1.54) is 25.7 Å². The van der Waals surface area contributed by atoms with E-state index >= 15 is 0 Å². The second kappa shape index (κ2) is 4.69. The Bertz CT molecular complexity index is 146. The Kier molecular flexibility index (Phi) is 3.84. The van der Waals surface area contributed by atoms with E-state index in [0.717, 1.165) is 17.8 Å². The highest BCUT2D eigenvalue weighted by Crippen LogP contribution is 2.42. The zero-order chi connectivity index (χ0) is 8.97. The highest BCUT2D eigenvalue weighted by molar-refractivity contribution is 5.01. The summed E-state index contributed by atoms with van der Waals surface area (Å²) >= 11 is 0. The molecule has 0 N–H and O–H groups in total. The molecule has 3 atom stereocenters. The van der Waals surface area contributed by atoms with Crippen LogP contribution in [0.4, 0.5) is 0 Å². The molecule has 0 radical (unpaired) electrons. The Morgan fingerprint density at radius 2 is 2.17 bits per heavy atom. The fourth-order valence-corrected chi connectivity index (χ4v) is 1.63. The van der Waals surface area contributed by atoms with Crippen molar-refractivity contribution < 1.29 is 0 Å². The van der Waals surface area contributed by atoms with Crippen molar-refractivity contribution in [3.8, 4) is 0 Å². The van der Waals surface area contributed by atoms with Crippen LogP contribution in [0, 0.1) is 17.8 Å². The Labute approximate surface area is 77.1 Å². The summed E-state index contributed by atoms with van der Waals surface area (Å²) in [4.78, 5) is 0. The zero-order valence-corrected chi connectivity index (χ0v) is 8.72. The van der Waals surface area contributed by atoms with Crippen LogP contribution in [0.1, 0.15) is 46.5 Å². The molecule has 3 unspecified atom stereocenters. The highest BCUT2D eigenvalue weighted by Gasteiger charge is 2.32. The molecular weight excluding hydrogens is 144 g/mol. The summed E-state index contributed by atoms with van der Waals surface area (Å²) in [6.07, 6.45) is 10.3. The SMILES string of the molecule is CCC(C)CC=CC1CC1CC. The molecule has 1 fully saturated rings. The van der Waals surface area contributed by atoms with Crippen LogP contribution in [0.25, 0.3) is 0 Å². The van der Waals surface area contributed by atoms with Gasteiger partial charge in [0.2, 0.25) is 0 Å². The molecule has 0 amide bonds. The van der Waals surface area contributed by atoms with Gasteiger partial charge in [0, 0.05) is 0 Å². The van der Waals surface area contributed by atoms with Crippen molar-refractivity contribution in [2.24, 2.45) is 17.8 Å². The normalized spacial score (nSPS) is 30.9. The maximum atomic E-state index is 2.44. The van der Waals surface area contributed by atoms with Gasteiger partial charge in [-0.1, -0.05) is 45.8 Å². The predicted molar refractivity (Wildman–Crippen MR) is 55.1 cm³/mol. The molecule has 0 aliphatic heterocycles. The smallest absolute Gasteiger partial charge is 0.0202 e. The highest BCUT2D eigenvalue weighted by atomic mass is 14.4. The maximum absolute atomic E-state index is 2.44. The molecule has 0 spiro atoms. The van der Waals surface area contributed by atoms with E-state index < -0.39 is 0 Å². The standard InChI is InChI=1S/C12H22/c1-4-10(3)7-6-8-12-9-11(12)5-2/h6,8,10-12H,4-5,7,9H2,1-3H3. The van der Waals surface area contributed by atoms with Gasteiger partial charge in [0.05, 0.1) is 0 Å². The first-order valence-electron chi connectivity index (χ1n) is 5.44. The van der Waals surface area contributed by atoms with Gasteiger partial charge in [-0.25, -0.2) is 0 Å². The third-order valence-electron chi connectivity index (χ3n) is 3.12. The summed E-state index contributed by atoms with van der Waals surface area (Å²) in [5.41, 5.74) is 0. The van der Waals surface area contributed by atoms with Crippen LogP contribution in [0.2, 0.25) is 0 Å². The number of allylic oxidation sites excluding steroid dienone is 2. The van der Waals surface area contributed by atoms with Crippen LogP contribution in [0.3, 0.4) is 0 Å². The minimum atomic E-state index is 0.875. The Hall–Kier alpha value is -0.260. The minimum absolute atomic E-state index is 0.875. The van der Waals surface area contributed by atoms with Gasteiger partial charge in [0.1, 0.15) is 0 Å². The van der Waals surface area contributed by atoms with E-state index in [0.29, 0.717) is 0 Å². The Morgan fingerprint density at radius 1 is 1.42 bits per heavy atom. The zero-order valence-electron chi connectivity index (χ0n) is 8.72. The number of rotatable bonds is 5. The minimum Gasteiger partial charge on any atom is -0.0880 e. The molecule has 70 valence electrons. The van der Waals surface area contributed by atoms with E-state index in [1.54, 1.807) is 0 Å². The summed E-state index contributed by atoms with van der Waals surface area (Å²) in [5.74, 6) is 2.84. The lowest BCUT2D eigenvalue weighted by Crippen LogP contribution is -1.87. The first kappa shape index (κ1) is 9.83. The van der Waals surface area contributed by atoms with Crippen LogP contribution >= 0.6 is 0 Å². The van der Waals surface area contributed by atoms with Gasteiger partial charge in [0.25, 0.3) is 0 Å². The van der Waals surface area contributed by atoms with E-state index in [4.69, 9.17) is 0 Å². The predicted octanol–water partition coefficient (Wildman–Crippen LogP) is 4.02. The molecule has 1 aliphatic rings. The van der Waals surface area contributed by atoms with Crippen LogP contribution in [0.5, 0.6) is 0 Å². The molecule has 0 heteroatoms. The molecule has 0 saturated heterocycles. The van der Waals surface area contributed by atoms with Crippen molar-refractivity contribution in [2.75, 3.05) is 0 Å². The summed E-state index contributed by atoms with van der Waals surface area (Å²) < 4.78 is 0. The fourth-order valence-electron chi connectivity index (χ4n) is 1.63. The molecule has 12 heavy (non-hydrogen) atoms. The molecular formula is C12H22. The lowest BCUT2D eigenvalue weighted by Gasteiger charge is -2.01. The first-order chi connectivity index (χ1) is 5.77. The van der Waals surface area contributed by atoms with Crippen LogP contribution in [-0.4, -0.2) is 0 Å². The second-order valence-corrected chi connectivity index (χ2v) is 4.25. The average Bonchev–Trinajstić information content (AvgIpc) is 2.83. The summed E-state index contributed by atoms with van der Waals surface area (Å²) in [6.45, 7) is 6.90. The van der Waals surface area contributed by atoms with Gasteiger partial charge in [-0.05, 0) is 30.6 Å². The van der Waals surface area contributed by atoms with Gasteiger partial charge in [-0.2, -0.15) is 0 Å². The Balaban J connectivity index is 2.07. The quantitative estimate of drug-likeness (QED) is 0.541. The molecule has 0 heterocycles. The molecule has 0 aromatic carbocycles. The number of hydrogen-bond donors (Lipinski definition) is 0. The fraction of sp³-hybridized carbons (Fsp3) is 0.833. The molecule has 0 aromatic heterocycles. The number of hydrogen-bond acceptors (Lipinski definition) is 0. The van der Waals surface area contributed by atoms with Crippen molar-refractivity contribution in [3.05, 3.63) is 12.2 Å². The van der Waals surface area contributed by atoms with Gasteiger partial charge in [-0.3, -0.25) is 0 Å². The van der Waals surface area contributed by atoms with Crippen molar-refractivity contribution in [3.63, 3.8) is 0 Å². The summed E-state index contributed by atoms with van der Waals surface area (Å²) in [7, 11) is 0. The first-order valence-corrected chi connectivity index (χ1v) is 5.44. The summed E-state index contributed by atoms with van der Waals surface area (Å²) in [6, 6.07) is 0. The third kappa shape index (κ3) is 3.00. The van der Waals surface area contributed by atoms with Gasteiger partial charge in [-0.15, -0.1) is 0 Å². The third-order valence-corrected chi connectivity index (χ3v) is 3.12. The molecule has 1 rings (SSSR count). The maximum Gasteiger partial charge on any atom is -0.0202 e. The lowest BCUT2D eigenvalue weighted by atomic mass is 10.0. The van der Waals surface area contributed by atoms with Crippen molar-refractivity contribution >= 4 is 0 Å². The van der Waals surface area contributed by atoms with Crippen molar-refractivity contribution in [1.82, 2.24) is 0 Å². The lowest BCUT2D eigenvalue weighted by molar-refractivity contribution is 0.570.